The molecular formula is C15H19NOS. The van der Waals surface area contributed by atoms with Gasteiger partial charge in [-0.2, -0.15) is 0 Å². The molecule has 0 radical (unpaired) electrons. The van der Waals surface area contributed by atoms with Gasteiger partial charge in [0.2, 0.25) is 5.91 Å². The van der Waals surface area contributed by atoms with Crippen LogP contribution in [0.25, 0.3) is 0 Å². The van der Waals surface area contributed by atoms with Crippen molar-refractivity contribution in [3.05, 3.63) is 24.3 Å². The fourth-order valence-corrected chi connectivity index (χ4v) is 4.10. The van der Waals surface area contributed by atoms with Gasteiger partial charge < -0.3 is 4.90 Å². The van der Waals surface area contributed by atoms with Crippen LogP contribution in [0.4, 0.5) is 5.69 Å². The van der Waals surface area contributed by atoms with Crippen molar-refractivity contribution in [2.24, 2.45) is 5.92 Å². The number of para-hydroxylation sites is 1. The van der Waals surface area contributed by atoms with Gasteiger partial charge in [0.1, 0.15) is 0 Å². The average Bonchev–Trinajstić information content (AvgIpc) is 2.90. The summed E-state index contributed by atoms with van der Waals surface area (Å²) in [4.78, 5) is 15.9. The van der Waals surface area contributed by atoms with E-state index in [1.165, 1.54) is 17.7 Å². The minimum atomic E-state index is 0.272. The van der Waals surface area contributed by atoms with E-state index in [2.05, 4.69) is 25.1 Å². The summed E-state index contributed by atoms with van der Waals surface area (Å²) >= 11 is 1.88. The minimum Gasteiger partial charge on any atom is -0.310 e. The predicted molar refractivity (Wildman–Crippen MR) is 76.1 cm³/mol. The SMILES string of the molecule is CC1CN(C(=O)C2CCCC2)c2ccccc2S1. The zero-order chi connectivity index (χ0) is 12.5. The molecule has 3 heteroatoms. The summed E-state index contributed by atoms with van der Waals surface area (Å²) in [6.07, 6.45) is 4.60. The van der Waals surface area contributed by atoms with Crippen LogP contribution < -0.4 is 4.90 Å². The molecule has 2 aliphatic rings. The number of fused-ring (bicyclic) bond motifs is 1. The number of hydrogen-bond donors (Lipinski definition) is 0. The normalized spacial score (nSPS) is 24.1. The Morgan fingerprint density at radius 2 is 2.00 bits per heavy atom. The lowest BCUT2D eigenvalue weighted by Gasteiger charge is -2.34. The van der Waals surface area contributed by atoms with Gasteiger partial charge in [-0.15, -0.1) is 11.8 Å². The summed E-state index contributed by atoms with van der Waals surface area (Å²) in [5.41, 5.74) is 1.12. The lowest BCUT2D eigenvalue weighted by Crippen LogP contribution is -2.41. The Morgan fingerprint density at radius 3 is 2.78 bits per heavy atom. The lowest BCUT2D eigenvalue weighted by molar-refractivity contribution is -0.122. The first-order chi connectivity index (χ1) is 8.75. The maximum Gasteiger partial charge on any atom is 0.230 e. The van der Waals surface area contributed by atoms with Crippen LogP contribution in [0.3, 0.4) is 0 Å². The van der Waals surface area contributed by atoms with Gasteiger partial charge in [0.15, 0.2) is 0 Å². The van der Waals surface area contributed by atoms with E-state index in [-0.39, 0.29) is 5.92 Å². The van der Waals surface area contributed by atoms with E-state index in [0.29, 0.717) is 11.2 Å². The number of amides is 1. The highest BCUT2D eigenvalue weighted by atomic mass is 32.2. The van der Waals surface area contributed by atoms with Crippen molar-refractivity contribution in [1.29, 1.82) is 0 Å². The molecule has 0 N–H and O–H groups in total. The molecule has 1 fully saturated rings. The Kier molecular flexibility index (Phi) is 3.33. The summed E-state index contributed by atoms with van der Waals surface area (Å²) in [5.74, 6) is 0.625. The van der Waals surface area contributed by atoms with Gasteiger partial charge in [0.05, 0.1) is 5.69 Å². The number of benzene rings is 1. The van der Waals surface area contributed by atoms with E-state index in [4.69, 9.17) is 0 Å². The van der Waals surface area contributed by atoms with Crippen LogP contribution in [0.15, 0.2) is 29.2 Å². The molecule has 1 heterocycles. The Morgan fingerprint density at radius 1 is 1.28 bits per heavy atom. The van der Waals surface area contributed by atoms with E-state index < -0.39 is 0 Å². The minimum absolute atomic E-state index is 0.272. The third kappa shape index (κ3) is 2.16. The first-order valence-corrected chi connectivity index (χ1v) is 7.71. The monoisotopic (exact) mass is 261 g/mol. The van der Waals surface area contributed by atoms with E-state index in [9.17, 15) is 4.79 Å². The van der Waals surface area contributed by atoms with Crippen molar-refractivity contribution in [2.45, 2.75) is 42.8 Å². The molecule has 0 spiro atoms. The molecule has 96 valence electrons. The van der Waals surface area contributed by atoms with E-state index in [1.807, 2.05) is 22.7 Å². The van der Waals surface area contributed by atoms with Crippen molar-refractivity contribution in [3.8, 4) is 0 Å². The maximum absolute atomic E-state index is 12.6. The predicted octanol–water partition coefficient (Wildman–Crippen LogP) is 3.70. The topological polar surface area (TPSA) is 20.3 Å². The molecule has 2 nitrogen and oxygen atoms in total. The Hall–Kier alpha value is -0.960. The van der Waals surface area contributed by atoms with Gasteiger partial charge in [0, 0.05) is 22.6 Å². The molecule has 0 aromatic heterocycles. The summed E-state index contributed by atoms with van der Waals surface area (Å²) in [6, 6.07) is 8.30. The molecule has 1 saturated carbocycles. The second-order valence-corrected chi connectivity index (χ2v) is 6.81. The van der Waals surface area contributed by atoms with Gasteiger partial charge >= 0.3 is 0 Å². The average molecular weight is 261 g/mol. The number of nitrogens with zero attached hydrogens (tertiary/aromatic N) is 1. The van der Waals surface area contributed by atoms with Crippen molar-refractivity contribution < 1.29 is 4.79 Å². The van der Waals surface area contributed by atoms with Crippen molar-refractivity contribution in [2.75, 3.05) is 11.4 Å². The lowest BCUT2D eigenvalue weighted by atomic mass is 10.1. The molecule has 0 bridgehead atoms. The zero-order valence-electron chi connectivity index (χ0n) is 10.8. The maximum atomic E-state index is 12.6. The molecular weight excluding hydrogens is 242 g/mol. The summed E-state index contributed by atoms with van der Waals surface area (Å²) in [7, 11) is 0. The molecule has 1 aliphatic heterocycles. The van der Waals surface area contributed by atoms with Gasteiger partial charge in [-0.05, 0) is 25.0 Å². The number of rotatable bonds is 1. The molecule has 1 unspecified atom stereocenters. The third-order valence-corrected chi connectivity index (χ3v) is 5.04. The second kappa shape index (κ2) is 4.96. The van der Waals surface area contributed by atoms with Gasteiger partial charge in [-0.3, -0.25) is 4.79 Å². The Balaban J connectivity index is 1.89. The van der Waals surface area contributed by atoms with Crippen molar-refractivity contribution in [3.63, 3.8) is 0 Å². The van der Waals surface area contributed by atoms with Crippen LogP contribution in [0, 0.1) is 5.92 Å². The fraction of sp³-hybridized carbons (Fsp3) is 0.533. The van der Waals surface area contributed by atoms with Gasteiger partial charge in [-0.25, -0.2) is 0 Å². The quantitative estimate of drug-likeness (QED) is 0.768. The molecule has 3 rings (SSSR count). The summed E-state index contributed by atoms with van der Waals surface area (Å²) < 4.78 is 0. The van der Waals surface area contributed by atoms with Gasteiger partial charge in [-0.1, -0.05) is 31.9 Å². The highest BCUT2D eigenvalue weighted by Gasteiger charge is 2.32. The standard InChI is InChI=1S/C15H19NOS/c1-11-10-16(15(17)12-6-2-3-7-12)13-8-4-5-9-14(13)18-11/h4-5,8-9,11-12H,2-3,6-7,10H2,1H3. The smallest absolute Gasteiger partial charge is 0.230 e. The van der Waals surface area contributed by atoms with Crippen LogP contribution in [-0.4, -0.2) is 17.7 Å². The third-order valence-electron chi connectivity index (χ3n) is 3.89. The van der Waals surface area contributed by atoms with Crippen molar-refractivity contribution >= 4 is 23.4 Å². The second-order valence-electron chi connectivity index (χ2n) is 5.33. The van der Waals surface area contributed by atoms with Crippen LogP contribution >= 0.6 is 11.8 Å². The van der Waals surface area contributed by atoms with Crippen LogP contribution in [-0.2, 0) is 4.79 Å². The highest BCUT2D eigenvalue weighted by Crippen LogP contribution is 2.40. The first-order valence-electron chi connectivity index (χ1n) is 6.83. The van der Waals surface area contributed by atoms with E-state index in [0.717, 1.165) is 25.1 Å². The molecule has 1 amide bonds. The zero-order valence-corrected chi connectivity index (χ0v) is 11.6. The molecule has 1 aromatic rings. The first kappa shape index (κ1) is 12.1. The molecule has 1 atom stereocenters. The Labute approximate surface area is 113 Å². The van der Waals surface area contributed by atoms with Gasteiger partial charge in [0.25, 0.3) is 0 Å². The molecule has 1 aliphatic carbocycles. The highest BCUT2D eigenvalue weighted by molar-refractivity contribution is 8.00. The van der Waals surface area contributed by atoms with Crippen molar-refractivity contribution in [1.82, 2.24) is 0 Å². The number of hydrogen-bond acceptors (Lipinski definition) is 2. The van der Waals surface area contributed by atoms with Crippen LogP contribution in [0.5, 0.6) is 0 Å². The summed E-state index contributed by atoms with van der Waals surface area (Å²) in [5, 5.41) is 0.491. The van der Waals surface area contributed by atoms with Crippen LogP contribution in [0.2, 0.25) is 0 Å². The van der Waals surface area contributed by atoms with E-state index in [1.54, 1.807) is 0 Å². The Bertz CT molecular complexity index is 454. The molecule has 18 heavy (non-hydrogen) atoms. The largest absolute Gasteiger partial charge is 0.310 e. The molecule has 0 saturated heterocycles. The number of carbonyl (C=O) groups is 1. The fourth-order valence-electron chi connectivity index (χ4n) is 2.99. The van der Waals surface area contributed by atoms with E-state index >= 15 is 0 Å². The number of carbonyl (C=O) groups excluding carboxylic acids is 1. The number of anilines is 1. The summed E-state index contributed by atoms with van der Waals surface area (Å²) in [6.45, 7) is 3.06. The number of thioether (sulfide) groups is 1. The molecule has 1 aromatic carbocycles. The van der Waals surface area contributed by atoms with Crippen LogP contribution in [0.1, 0.15) is 32.6 Å².